The van der Waals surface area contributed by atoms with Crippen molar-refractivity contribution in [3.63, 3.8) is 0 Å². The minimum Gasteiger partial charge on any atom is -0.448 e. The Bertz CT molecular complexity index is 1310. The van der Waals surface area contributed by atoms with Crippen LogP contribution in [0, 0.1) is 0 Å². The third-order valence-electron chi connectivity index (χ3n) is 8.11. The largest absolute Gasteiger partial charge is 0.448 e. The average molecular weight is 591 g/mol. The molecule has 41 heavy (non-hydrogen) atoms. The highest BCUT2D eigenvalue weighted by Gasteiger charge is 2.40. The molecule has 8 nitrogen and oxygen atoms in total. The highest BCUT2D eigenvalue weighted by Crippen LogP contribution is 2.39. The molecule has 0 unspecified atom stereocenters. The van der Waals surface area contributed by atoms with Gasteiger partial charge in [-0.3, -0.25) is 19.6 Å². The molecule has 2 aliphatic rings. The second kappa shape index (κ2) is 12.4. The number of hydrogen-bond acceptors (Lipinski definition) is 7. The van der Waals surface area contributed by atoms with Gasteiger partial charge >= 0.3 is 6.18 Å². The fraction of sp³-hybridized carbons (Fsp3) is 0.483. The quantitative estimate of drug-likeness (QED) is 0.381. The van der Waals surface area contributed by atoms with Gasteiger partial charge in [-0.25, -0.2) is 4.98 Å². The van der Waals surface area contributed by atoms with Crippen LogP contribution >= 0.6 is 11.6 Å². The number of carbonyl (C=O) groups excluding carboxylic acids is 1. The molecular weight excluding hydrogens is 557 g/mol. The molecule has 1 amide bonds. The lowest BCUT2D eigenvalue weighted by Crippen LogP contribution is -2.53. The Morgan fingerprint density at radius 3 is 2.46 bits per heavy atom. The van der Waals surface area contributed by atoms with E-state index in [1.54, 1.807) is 36.8 Å². The third-order valence-corrected chi connectivity index (χ3v) is 8.31. The van der Waals surface area contributed by atoms with Crippen LogP contribution in [0.1, 0.15) is 29.7 Å². The molecule has 0 saturated carbocycles. The lowest BCUT2D eigenvalue weighted by molar-refractivity contribution is -0.137. The Kier molecular flexibility index (Phi) is 8.86. The number of rotatable bonds is 8. The van der Waals surface area contributed by atoms with Gasteiger partial charge in [0.1, 0.15) is 11.6 Å². The highest BCUT2D eigenvalue weighted by atomic mass is 35.5. The Morgan fingerprint density at radius 1 is 1.07 bits per heavy atom. The van der Waals surface area contributed by atoms with Crippen LogP contribution < -0.4 is 4.90 Å². The summed E-state index contributed by atoms with van der Waals surface area (Å²) in [4.78, 5) is 30.0. The number of carbonyl (C=O) groups is 1. The predicted octanol–water partition coefficient (Wildman–Crippen LogP) is 4.56. The molecule has 2 fully saturated rings. The average Bonchev–Trinajstić information content (AvgIpc) is 3.37. The SMILES string of the molecule is CN(Cc1ccc(Cl)o1)CC1(c2cccc(C(F)(F)F)c2)CCN(C(=O)CN2CCN(c3cnccn3)CC2)CC1. The van der Waals surface area contributed by atoms with Crippen molar-refractivity contribution in [2.24, 2.45) is 0 Å². The lowest BCUT2D eigenvalue weighted by Gasteiger charge is -2.45. The van der Waals surface area contributed by atoms with Crippen LogP contribution in [0.2, 0.25) is 5.22 Å². The molecule has 0 spiro atoms. The fourth-order valence-electron chi connectivity index (χ4n) is 5.90. The number of halogens is 4. The summed E-state index contributed by atoms with van der Waals surface area (Å²) in [7, 11) is 1.92. The molecule has 0 atom stereocenters. The number of piperazine rings is 1. The van der Waals surface area contributed by atoms with Crippen LogP contribution in [0.5, 0.6) is 0 Å². The van der Waals surface area contributed by atoms with Crippen molar-refractivity contribution in [2.75, 3.05) is 64.3 Å². The number of alkyl halides is 3. The monoisotopic (exact) mass is 590 g/mol. The number of benzene rings is 1. The second-order valence-corrected chi connectivity index (χ2v) is 11.3. The van der Waals surface area contributed by atoms with Gasteiger partial charge in [-0.2, -0.15) is 13.2 Å². The molecule has 5 rings (SSSR count). The van der Waals surface area contributed by atoms with E-state index < -0.39 is 17.2 Å². The lowest BCUT2D eigenvalue weighted by atomic mass is 9.72. The Labute approximate surface area is 242 Å². The van der Waals surface area contributed by atoms with Crippen LogP contribution in [-0.4, -0.2) is 90.0 Å². The van der Waals surface area contributed by atoms with Crippen LogP contribution in [0.25, 0.3) is 0 Å². The first-order valence-electron chi connectivity index (χ1n) is 13.7. The molecule has 2 aromatic heterocycles. The molecule has 1 aromatic carbocycles. The molecule has 12 heteroatoms. The Hall–Kier alpha value is -3.15. The van der Waals surface area contributed by atoms with E-state index in [4.69, 9.17) is 16.0 Å². The van der Waals surface area contributed by atoms with Gasteiger partial charge in [0.05, 0.1) is 24.8 Å². The molecule has 0 bridgehead atoms. The van der Waals surface area contributed by atoms with Gasteiger partial charge in [0.25, 0.3) is 0 Å². The van der Waals surface area contributed by atoms with Gasteiger partial charge in [0.2, 0.25) is 5.91 Å². The number of furan rings is 1. The standard InChI is InChI=1S/C29H34ClF3N6O2/c1-36(19-24-5-6-25(30)41-24)21-28(22-3-2-4-23(17-22)29(31,32)33)7-11-39(12-8-28)27(40)20-37-13-15-38(16-14-37)26-18-34-9-10-35-26/h2-6,9-10,17-18H,7-8,11-16,19-21H2,1H3. The van der Waals surface area contributed by atoms with Crippen molar-refractivity contribution in [2.45, 2.75) is 31.0 Å². The molecule has 0 N–H and O–H groups in total. The van der Waals surface area contributed by atoms with Gasteiger partial charge < -0.3 is 14.2 Å². The molecule has 4 heterocycles. The number of piperidine rings is 1. The zero-order valence-corrected chi connectivity index (χ0v) is 23.7. The van der Waals surface area contributed by atoms with E-state index in [0.29, 0.717) is 62.1 Å². The van der Waals surface area contributed by atoms with E-state index in [1.807, 2.05) is 16.8 Å². The molecule has 2 saturated heterocycles. The summed E-state index contributed by atoms with van der Waals surface area (Å²) in [5.41, 5.74) is -0.566. The first-order valence-corrected chi connectivity index (χ1v) is 14.1. The number of likely N-dealkylation sites (tertiary alicyclic amines) is 1. The number of amides is 1. The van der Waals surface area contributed by atoms with E-state index in [2.05, 4.69) is 19.8 Å². The fourth-order valence-corrected chi connectivity index (χ4v) is 6.07. The van der Waals surface area contributed by atoms with Crippen molar-refractivity contribution in [3.8, 4) is 0 Å². The first-order chi connectivity index (χ1) is 19.6. The molecule has 3 aromatic rings. The summed E-state index contributed by atoms with van der Waals surface area (Å²) < 4.78 is 46.4. The van der Waals surface area contributed by atoms with Crippen LogP contribution in [-0.2, 0) is 22.9 Å². The maximum atomic E-state index is 13.6. The highest BCUT2D eigenvalue weighted by molar-refractivity contribution is 6.28. The van der Waals surface area contributed by atoms with Crippen molar-refractivity contribution >= 4 is 23.3 Å². The Morgan fingerprint density at radius 2 is 1.83 bits per heavy atom. The summed E-state index contributed by atoms with van der Waals surface area (Å²) in [6, 6.07) is 9.10. The van der Waals surface area contributed by atoms with Crippen LogP contribution in [0.3, 0.4) is 0 Å². The number of anilines is 1. The van der Waals surface area contributed by atoms with Gasteiger partial charge in [-0.15, -0.1) is 0 Å². The first kappa shape index (κ1) is 29.3. The van der Waals surface area contributed by atoms with Crippen molar-refractivity contribution in [1.29, 1.82) is 0 Å². The normalized spacial score (nSPS) is 18.2. The number of nitrogens with zero attached hydrogens (tertiary/aromatic N) is 6. The molecule has 2 aliphatic heterocycles. The van der Waals surface area contributed by atoms with Gasteiger partial charge in [-0.05, 0) is 55.3 Å². The van der Waals surface area contributed by atoms with Crippen molar-refractivity contribution < 1.29 is 22.4 Å². The maximum absolute atomic E-state index is 13.6. The van der Waals surface area contributed by atoms with Gasteiger partial charge in [-0.1, -0.05) is 18.2 Å². The van der Waals surface area contributed by atoms with Gasteiger partial charge in [0, 0.05) is 63.6 Å². The summed E-state index contributed by atoms with van der Waals surface area (Å²) in [6.07, 6.45) is 1.75. The molecule has 220 valence electrons. The number of likely N-dealkylation sites (N-methyl/N-ethyl adjacent to an activating group) is 1. The smallest absolute Gasteiger partial charge is 0.416 e. The summed E-state index contributed by atoms with van der Waals surface area (Å²) in [6.45, 7) is 5.28. The van der Waals surface area contributed by atoms with E-state index in [9.17, 15) is 18.0 Å². The number of hydrogen-bond donors (Lipinski definition) is 0. The maximum Gasteiger partial charge on any atom is 0.416 e. The summed E-state index contributed by atoms with van der Waals surface area (Å²) >= 11 is 5.93. The van der Waals surface area contributed by atoms with E-state index in [-0.39, 0.29) is 5.91 Å². The minimum absolute atomic E-state index is 0.0502. The zero-order chi connectivity index (χ0) is 29.0. The van der Waals surface area contributed by atoms with E-state index in [1.165, 1.54) is 12.1 Å². The summed E-state index contributed by atoms with van der Waals surface area (Å²) in [5, 5.41) is 0.294. The molecule has 0 radical (unpaired) electrons. The van der Waals surface area contributed by atoms with Crippen molar-refractivity contribution in [1.82, 2.24) is 24.7 Å². The third kappa shape index (κ3) is 7.20. The van der Waals surface area contributed by atoms with Gasteiger partial charge in [0.15, 0.2) is 5.22 Å². The van der Waals surface area contributed by atoms with Crippen LogP contribution in [0.4, 0.5) is 19.0 Å². The molecular formula is C29H34ClF3N6O2. The predicted molar refractivity (Wildman–Crippen MR) is 150 cm³/mol. The second-order valence-electron chi connectivity index (χ2n) is 10.9. The minimum atomic E-state index is -4.43. The zero-order valence-electron chi connectivity index (χ0n) is 23.0. The van der Waals surface area contributed by atoms with Crippen molar-refractivity contribution in [3.05, 3.63) is 77.1 Å². The number of aromatic nitrogens is 2. The van der Waals surface area contributed by atoms with E-state index >= 15 is 0 Å². The molecule has 0 aliphatic carbocycles. The summed E-state index contributed by atoms with van der Waals surface area (Å²) in [5.74, 6) is 1.57. The Balaban J connectivity index is 1.24. The topological polar surface area (TPSA) is 69.0 Å². The van der Waals surface area contributed by atoms with Crippen LogP contribution in [0.15, 0.2) is 59.4 Å². The van der Waals surface area contributed by atoms with E-state index in [0.717, 1.165) is 38.1 Å².